The number of fused-ring (bicyclic) bond motifs is 1. The Bertz CT molecular complexity index is 1240. The molecular formula is C25H24ClN5O3. The molecule has 0 aliphatic carbocycles. The highest BCUT2D eigenvalue weighted by Crippen LogP contribution is 2.32. The highest BCUT2D eigenvalue weighted by Gasteiger charge is 2.29. The molecule has 9 heteroatoms. The number of carbonyl (C=O) groups is 1. The van der Waals surface area contributed by atoms with Gasteiger partial charge in [0.25, 0.3) is 11.6 Å². The van der Waals surface area contributed by atoms with Crippen LogP contribution in [0.4, 0.5) is 11.5 Å². The van der Waals surface area contributed by atoms with Gasteiger partial charge in [0.15, 0.2) is 5.82 Å². The van der Waals surface area contributed by atoms with Gasteiger partial charge in [-0.2, -0.15) is 0 Å². The van der Waals surface area contributed by atoms with Gasteiger partial charge in [0, 0.05) is 48.8 Å². The average molecular weight is 478 g/mol. The van der Waals surface area contributed by atoms with Crippen molar-refractivity contribution in [2.24, 2.45) is 0 Å². The fraction of sp³-hybridized carbons (Fsp3) is 0.320. The molecule has 2 aliphatic heterocycles. The average Bonchev–Trinajstić information content (AvgIpc) is 2.88. The second kappa shape index (κ2) is 9.38. The van der Waals surface area contributed by atoms with E-state index in [2.05, 4.69) is 4.90 Å². The summed E-state index contributed by atoms with van der Waals surface area (Å²) in [5.74, 6) is 1.33. The first-order chi connectivity index (χ1) is 16.5. The van der Waals surface area contributed by atoms with E-state index in [1.54, 1.807) is 4.90 Å². The van der Waals surface area contributed by atoms with Gasteiger partial charge in [-0.05, 0) is 31.4 Å². The molecule has 3 aromatic rings. The zero-order valence-corrected chi connectivity index (χ0v) is 19.4. The van der Waals surface area contributed by atoms with E-state index in [0.29, 0.717) is 25.3 Å². The normalized spacial score (nSPS) is 15.7. The predicted octanol–water partition coefficient (Wildman–Crippen LogP) is 4.89. The summed E-state index contributed by atoms with van der Waals surface area (Å²) in [6.45, 7) is 2.70. The molecule has 3 heterocycles. The van der Waals surface area contributed by atoms with Crippen LogP contribution in [0.25, 0.3) is 11.4 Å². The van der Waals surface area contributed by atoms with Crippen LogP contribution in [0.5, 0.6) is 0 Å². The van der Waals surface area contributed by atoms with Gasteiger partial charge >= 0.3 is 0 Å². The molecular weight excluding hydrogens is 454 g/mol. The fourth-order valence-corrected chi connectivity index (χ4v) is 4.81. The summed E-state index contributed by atoms with van der Waals surface area (Å²) < 4.78 is 0. The van der Waals surface area contributed by atoms with E-state index in [4.69, 9.17) is 21.6 Å². The van der Waals surface area contributed by atoms with Crippen LogP contribution in [0.1, 0.15) is 40.9 Å². The number of carbonyl (C=O) groups excluding carboxylic acids is 1. The maximum Gasteiger partial charge on any atom is 0.288 e. The van der Waals surface area contributed by atoms with Gasteiger partial charge in [-0.1, -0.05) is 41.9 Å². The van der Waals surface area contributed by atoms with Gasteiger partial charge in [-0.3, -0.25) is 14.9 Å². The van der Waals surface area contributed by atoms with Gasteiger partial charge < -0.3 is 9.80 Å². The van der Waals surface area contributed by atoms with Crippen molar-refractivity contribution in [3.63, 3.8) is 0 Å². The third-order valence-electron chi connectivity index (χ3n) is 6.40. The molecule has 0 N–H and O–H groups in total. The van der Waals surface area contributed by atoms with Crippen LogP contribution < -0.4 is 4.90 Å². The van der Waals surface area contributed by atoms with Crippen molar-refractivity contribution >= 4 is 29.0 Å². The van der Waals surface area contributed by atoms with Crippen molar-refractivity contribution in [3.8, 4) is 11.4 Å². The Hall–Kier alpha value is -3.52. The Labute approximate surface area is 202 Å². The zero-order valence-electron chi connectivity index (χ0n) is 18.6. The number of hydrogen-bond donors (Lipinski definition) is 0. The van der Waals surface area contributed by atoms with Crippen LogP contribution in [-0.2, 0) is 13.0 Å². The van der Waals surface area contributed by atoms with Crippen molar-refractivity contribution in [3.05, 3.63) is 80.5 Å². The van der Waals surface area contributed by atoms with Crippen molar-refractivity contribution < 1.29 is 9.72 Å². The molecule has 0 atom stereocenters. The summed E-state index contributed by atoms with van der Waals surface area (Å²) in [6.07, 6.45) is 4.02. The topological polar surface area (TPSA) is 92.5 Å². The molecule has 5 rings (SSSR count). The van der Waals surface area contributed by atoms with E-state index >= 15 is 0 Å². The van der Waals surface area contributed by atoms with E-state index in [1.807, 2.05) is 30.3 Å². The fourth-order valence-electron chi connectivity index (χ4n) is 4.62. The Morgan fingerprint density at radius 2 is 1.76 bits per heavy atom. The maximum absolute atomic E-state index is 13.3. The molecule has 1 saturated heterocycles. The first-order valence-corrected chi connectivity index (χ1v) is 11.8. The van der Waals surface area contributed by atoms with Gasteiger partial charge in [0.2, 0.25) is 0 Å². The van der Waals surface area contributed by atoms with Gasteiger partial charge in [0.1, 0.15) is 10.8 Å². The van der Waals surface area contributed by atoms with Crippen LogP contribution in [0.2, 0.25) is 5.02 Å². The Morgan fingerprint density at radius 3 is 2.50 bits per heavy atom. The molecule has 0 saturated carbocycles. The first-order valence-electron chi connectivity index (χ1n) is 11.4. The van der Waals surface area contributed by atoms with Crippen LogP contribution in [0, 0.1) is 10.1 Å². The molecule has 34 heavy (non-hydrogen) atoms. The maximum atomic E-state index is 13.3. The summed E-state index contributed by atoms with van der Waals surface area (Å²) in [4.78, 5) is 37.8. The molecule has 2 aliphatic rings. The number of nitro groups is 1. The molecule has 8 nitrogen and oxygen atoms in total. The number of nitrogens with zero attached hydrogens (tertiary/aromatic N) is 5. The highest BCUT2D eigenvalue weighted by molar-refractivity contribution is 6.32. The molecule has 1 fully saturated rings. The van der Waals surface area contributed by atoms with Crippen LogP contribution >= 0.6 is 11.6 Å². The monoisotopic (exact) mass is 477 g/mol. The lowest BCUT2D eigenvalue weighted by Gasteiger charge is -2.34. The predicted molar refractivity (Wildman–Crippen MR) is 130 cm³/mol. The van der Waals surface area contributed by atoms with E-state index in [9.17, 15) is 14.9 Å². The van der Waals surface area contributed by atoms with Crippen molar-refractivity contribution in [1.29, 1.82) is 0 Å². The third kappa shape index (κ3) is 4.33. The lowest BCUT2D eigenvalue weighted by molar-refractivity contribution is -0.384. The Morgan fingerprint density at radius 1 is 1.00 bits per heavy atom. The van der Waals surface area contributed by atoms with Crippen molar-refractivity contribution in [1.82, 2.24) is 14.9 Å². The number of halogens is 1. The minimum Gasteiger partial charge on any atom is -0.356 e. The van der Waals surface area contributed by atoms with E-state index < -0.39 is 4.92 Å². The molecule has 0 bridgehead atoms. The lowest BCUT2D eigenvalue weighted by atomic mass is 10.0. The number of rotatable bonds is 4. The van der Waals surface area contributed by atoms with E-state index in [1.165, 1.54) is 24.6 Å². The molecule has 174 valence electrons. The molecule has 2 aromatic carbocycles. The summed E-state index contributed by atoms with van der Waals surface area (Å²) in [7, 11) is 0. The van der Waals surface area contributed by atoms with Gasteiger partial charge in [0.05, 0.1) is 17.2 Å². The first kappa shape index (κ1) is 22.3. The quantitative estimate of drug-likeness (QED) is 0.392. The van der Waals surface area contributed by atoms with Crippen LogP contribution in [0.15, 0.2) is 48.5 Å². The number of amides is 1. The van der Waals surface area contributed by atoms with Crippen molar-refractivity contribution in [2.45, 2.75) is 32.2 Å². The SMILES string of the molecule is O=C(c1ccc(Cl)c([N+](=O)[O-])c1)N1CCc2nc(-c3ccccc3)nc(N3CCCCC3)c2C1. The Balaban J connectivity index is 1.50. The van der Waals surface area contributed by atoms with Crippen molar-refractivity contribution in [2.75, 3.05) is 24.5 Å². The Kier molecular flexibility index (Phi) is 6.15. The molecule has 0 spiro atoms. The molecule has 0 radical (unpaired) electrons. The summed E-state index contributed by atoms with van der Waals surface area (Å²) in [6, 6.07) is 14.1. The number of hydrogen-bond acceptors (Lipinski definition) is 6. The number of aromatic nitrogens is 2. The third-order valence-corrected chi connectivity index (χ3v) is 6.72. The summed E-state index contributed by atoms with van der Waals surface area (Å²) in [5.41, 5.74) is 2.87. The lowest BCUT2D eigenvalue weighted by Crippen LogP contribution is -2.39. The zero-order chi connectivity index (χ0) is 23.7. The largest absolute Gasteiger partial charge is 0.356 e. The smallest absolute Gasteiger partial charge is 0.288 e. The minimum atomic E-state index is -0.571. The van der Waals surface area contributed by atoms with E-state index in [0.717, 1.165) is 48.6 Å². The number of anilines is 1. The number of benzene rings is 2. The molecule has 0 unspecified atom stereocenters. The standard InChI is InChI=1S/C25H24ClN5O3/c26-20-10-9-18(15-22(20)31(33)34)25(32)30-14-11-21-19(16-30)24(29-12-5-2-6-13-29)28-23(27-21)17-7-3-1-4-8-17/h1,3-4,7-10,15H,2,5-6,11-14,16H2. The summed E-state index contributed by atoms with van der Waals surface area (Å²) >= 11 is 5.93. The highest BCUT2D eigenvalue weighted by atomic mass is 35.5. The number of piperidine rings is 1. The molecule has 1 aromatic heterocycles. The minimum absolute atomic E-state index is 0.0137. The second-order valence-electron chi connectivity index (χ2n) is 8.61. The van der Waals surface area contributed by atoms with Gasteiger partial charge in [-0.25, -0.2) is 9.97 Å². The van der Waals surface area contributed by atoms with Crippen LogP contribution in [-0.4, -0.2) is 45.3 Å². The van der Waals surface area contributed by atoms with E-state index in [-0.39, 0.29) is 22.2 Å². The number of nitro benzene ring substituents is 1. The molecule has 1 amide bonds. The van der Waals surface area contributed by atoms with Gasteiger partial charge in [-0.15, -0.1) is 0 Å². The van der Waals surface area contributed by atoms with Crippen LogP contribution in [0.3, 0.4) is 0 Å². The second-order valence-corrected chi connectivity index (χ2v) is 9.02. The summed E-state index contributed by atoms with van der Waals surface area (Å²) in [5, 5.41) is 11.3.